The van der Waals surface area contributed by atoms with Gasteiger partial charge in [0.2, 0.25) is 0 Å². The molecule has 9 unspecified atom stereocenters. The van der Waals surface area contributed by atoms with Gasteiger partial charge in [-0.3, -0.25) is 4.79 Å². The van der Waals surface area contributed by atoms with E-state index in [1.807, 2.05) is 37.3 Å². The number of benzene rings is 1. The van der Waals surface area contributed by atoms with Crippen LogP contribution in [-0.4, -0.2) is 34.7 Å². The molecule has 0 saturated heterocycles. The molecule has 35 heavy (non-hydrogen) atoms. The van der Waals surface area contributed by atoms with Crippen molar-refractivity contribution in [1.82, 2.24) is 5.32 Å². The van der Waals surface area contributed by atoms with Crippen molar-refractivity contribution in [3.63, 3.8) is 0 Å². The molecule has 0 aliphatic heterocycles. The van der Waals surface area contributed by atoms with Crippen molar-refractivity contribution in [1.29, 1.82) is 0 Å². The molecule has 3 fully saturated rings. The van der Waals surface area contributed by atoms with Crippen molar-refractivity contribution in [2.75, 3.05) is 6.54 Å². The highest BCUT2D eigenvalue weighted by atomic mass is 16.3. The Morgan fingerprint density at radius 2 is 1.86 bits per heavy atom. The van der Waals surface area contributed by atoms with E-state index >= 15 is 0 Å². The largest absolute Gasteiger partial charge is 0.393 e. The van der Waals surface area contributed by atoms with Gasteiger partial charge in [0.05, 0.1) is 12.2 Å². The molecule has 4 aliphatic rings. The zero-order chi connectivity index (χ0) is 24.8. The van der Waals surface area contributed by atoms with Gasteiger partial charge in [0.25, 0.3) is 0 Å². The fourth-order valence-electron chi connectivity index (χ4n) is 8.83. The number of fused-ring (bicyclic) bond motifs is 5. The Morgan fingerprint density at radius 3 is 2.63 bits per heavy atom. The Labute approximate surface area is 211 Å². The van der Waals surface area contributed by atoms with Crippen LogP contribution in [0.1, 0.15) is 90.2 Å². The number of carbonyl (C=O) groups excluding carboxylic acids is 1. The van der Waals surface area contributed by atoms with Gasteiger partial charge in [-0.2, -0.15) is 0 Å². The fourth-order valence-corrected chi connectivity index (χ4v) is 8.83. The minimum Gasteiger partial charge on any atom is -0.393 e. The maximum atomic E-state index is 13.4. The maximum absolute atomic E-state index is 13.4. The monoisotopic (exact) mass is 479 g/mol. The predicted octanol–water partition coefficient (Wildman–Crippen LogP) is 5.60. The summed E-state index contributed by atoms with van der Waals surface area (Å²) < 4.78 is 0. The second-order valence-corrected chi connectivity index (χ2v) is 12.7. The van der Waals surface area contributed by atoms with Gasteiger partial charge >= 0.3 is 0 Å². The Morgan fingerprint density at radius 1 is 1.09 bits per heavy atom. The van der Waals surface area contributed by atoms with E-state index in [4.69, 9.17) is 0 Å². The summed E-state index contributed by atoms with van der Waals surface area (Å²) in [5, 5.41) is 24.3. The lowest BCUT2D eigenvalue weighted by Crippen LogP contribution is -2.53. The first-order valence-electron chi connectivity index (χ1n) is 14.1. The Balaban J connectivity index is 1.19. The molecular formula is C31H45NO3. The normalized spacial score (nSPS) is 40.1. The average Bonchev–Trinajstić information content (AvgIpc) is 3.21. The molecule has 9 atom stereocenters. The predicted molar refractivity (Wildman–Crippen MR) is 140 cm³/mol. The van der Waals surface area contributed by atoms with Crippen LogP contribution in [0.2, 0.25) is 0 Å². The van der Waals surface area contributed by atoms with Crippen LogP contribution >= 0.6 is 0 Å². The van der Waals surface area contributed by atoms with Crippen LogP contribution in [0.4, 0.5) is 0 Å². The summed E-state index contributed by atoms with van der Waals surface area (Å²) in [5.74, 6) is 3.02. The van der Waals surface area contributed by atoms with Crippen LogP contribution in [0.5, 0.6) is 0 Å². The minimum absolute atomic E-state index is 0.0186. The Kier molecular flexibility index (Phi) is 7.02. The molecule has 3 N–H and O–H groups in total. The Bertz CT molecular complexity index is 944. The van der Waals surface area contributed by atoms with Crippen molar-refractivity contribution in [3.8, 4) is 0 Å². The summed E-state index contributed by atoms with van der Waals surface area (Å²) in [6.07, 6.45) is 11.1. The second-order valence-electron chi connectivity index (χ2n) is 12.7. The number of Topliss-reactive ketones (excluding diaryl/α,β-unsaturated/α-hetero) is 1. The van der Waals surface area contributed by atoms with E-state index < -0.39 is 6.10 Å². The molecule has 5 rings (SSSR count). The van der Waals surface area contributed by atoms with E-state index in [0.717, 1.165) is 42.7 Å². The van der Waals surface area contributed by atoms with Gasteiger partial charge in [-0.05, 0) is 104 Å². The van der Waals surface area contributed by atoms with Gasteiger partial charge in [0.1, 0.15) is 0 Å². The number of aliphatic hydroxyl groups is 2. The summed E-state index contributed by atoms with van der Waals surface area (Å²) in [4.78, 5) is 13.4. The maximum Gasteiger partial charge on any atom is 0.160 e. The summed E-state index contributed by atoms with van der Waals surface area (Å²) in [7, 11) is 0. The zero-order valence-corrected chi connectivity index (χ0v) is 21.9. The number of aliphatic hydroxyl groups excluding tert-OH is 2. The van der Waals surface area contributed by atoms with Crippen molar-refractivity contribution in [2.24, 2.45) is 34.5 Å². The molecule has 1 aromatic rings. The first kappa shape index (κ1) is 25.2. The molecule has 0 heterocycles. The number of hydrogen-bond acceptors (Lipinski definition) is 4. The van der Waals surface area contributed by atoms with Crippen LogP contribution in [0.3, 0.4) is 0 Å². The number of carbonyl (C=O) groups is 1. The van der Waals surface area contributed by atoms with Crippen LogP contribution in [0, 0.1) is 34.5 Å². The molecule has 4 heteroatoms. The second kappa shape index (κ2) is 9.76. The molecule has 0 radical (unpaired) electrons. The number of nitrogens with one attached hydrogen (secondary N) is 1. The molecule has 0 bridgehead atoms. The lowest BCUT2D eigenvalue weighted by molar-refractivity contribution is -0.125. The quantitative estimate of drug-likeness (QED) is 0.476. The van der Waals surface area contributed by atoms with Crippen LogP contribution in [-0.2, 0) is 4.79 Å². The third kappa shape index (κ3) is 4.45. The molecular weight excluding hydrogens is 434 g/mol. The van der Waals surface area contributed by atoms with Crippen molar-refractivity contribution in [2.45, 2.75) is 96.8 Å². The van der Waals surface area contributed by atoms with Gasteiger partial charge in [-0.1, -0.05) is 50.3 Å². The fraction of sp³-hybridized carbons (Fsp3) is 0.710. The van der Waals surface area contributed by atoms with Gasteiger partial charge in [-0.15, -0.1) is 0 Å². The van der Waals surface area contributed by atoms with Crippen LogP contribution in [0.15, 0.2) is 42.0 Å². The van der Waals surface area contributed by atoms with Crippen molar-refractivity contribution in [3.05, 3.63) is 47.5 Å². The molecule has 4 nitrogen and oxygen atoms in total. The van der Waals surface area contributed by atoms with Crippen LogP contribution in [0.25, 0.3) is 0 Å². The molecule has 0 spiro atoms. The van der Waals surface area contributed by atoms with Gasteiger partial charge in [0.15, 0.2) is 5.78 Å². The molecule has 4 aliphatic carbocycles. The van der Waals surface area contributed by atoms with Gasteiger partial charge in [-0.25, -0.2) is 0 Å². The lowest BCUT2D eigenvalue weighted by atomic mass is 9.44. The SMILES string of the molecule is CC(NCCC(=O)C1=CCC2C3CCC4CC(O)CCC4(C)C3CCC12C)C(O)c1ccccc1. The number of hydrogen-bond donors (Lipinski definition) is 3. The highest BCUT2D eigenvalue weighted by molar-refractivity contribution is 5.97. The summed E-state index contributed by atoms with van der Waals surface area (Å²) in [5.41, 5.74) is 2.38. The standard InChI is InChI=1S/C31H45NO3/c1-20(29(35)21-7-5-4-6-8-21)32-18-15-28(34)27-12-11-25-24-10-9-22-19-23(33)13-16-30(22,2)26(24)14-17-31(25,27)3/h4-8,12,20,22-26,29,32-33,35H,9-11,13-19H2,1-3H3. The summed E-state index contributed by atoms with van der Waals surface area (Å²) in [6, 6.07) is 9.62. The molecule has 0 amide bonds. The van der Waals surface area contributed by atoms with Gasteiger partial charge < -0.3 is 15.5 Å². The number of rotatable bonds is 7. The summed E-state index contributed by atoms with van der Waals surface area (Å²) in [6.45, 7) is 7.47. The highest BCUT2D eigenvalue weighted by Crippen LogP contribution is 2.66. The lowest BCUT2D eigenvalue weighted by Gasteiger charge is -2.60. The smallest absolute Gasteiger partial charge is 0.160 e. The van der Waals surface area contributed by atoms with E-state index in [-0.39, 0.29) is 17.6 Å². The van der Waals surface area contributed by atoms with E-state index in [2.05, 4.69) is 25.2 Å². The zero-order valence-electron chi connectivity index (χ0n) is 21.9. The molecule has 1 aromatic carbocycles. The average molecular weight is 480 g/mol. The summed E-state index contributed by atoms with van der Waals surface area (Å²) >= 11 is 0. The van der Waals surface area contributed by atoms with Crippen LogP contribution < -0.4 is 5.32 Å². The number of ketones is 1. The first-order valence-corrected chi connectivity index (χ1v) is 14.1. The first-order chi connectivity index (χ1) is 16.7. The highest BCUT2D eigenvalue weighted by Gasteiger charge is 2.59. The van der Waals surface area contributed by atoms with E-state index in [1.54, 1.807) is 0 Å². The topological polar surface area (TPSA) is 69.6 Å². The van der Waals surface area contributed by atoms with Gasteiger partial charge in [0, 0.05) is 19.0 Å². The van der Waals surface area contributed by atoms with Crippen molar-refractivity contribution >= 4 is 5.78 Å². The number of allylic oxidation sites excluding steroid dienone is 2. The molecule has 192 valence electrons. The third-order valence-electron chi connectivity index (χ3n) is 11.0. The van der Waals surface area contributed by atoms with E-state index in [1.165, 1.54) is 25.7 Å². The molecule has 0 aromatic heterocycles. The third-order valence-corrected chi connectivity index (χ3v) is 11.0. The van der Waals surface area contributed by atoms with Crippen molar-refractivity contribution < 1.29 is 15.0 Å². The minimum atomic E-state index is -0.577. The van der Waals surface area contributed by atoms with E-state index in [0.29, 0.717) is 41.9 Å². The molecule has 3 saturated carbocycles. The Hall–Kier alpha value is -1.49. The van der Waals surface area contributed by atoms with E-state index in [9.17, 15) is 15.0 Å².